The lowest BCUT2D eigenvalue weighted by Gasteiger charge is -2.20. The second kappa shape index (κ2) is 7.51. The van der Waals surface area contributed by atoms with E-state index in [2.05, 4.69) is 24.5 Å². The highest BCUT2D eigenvalue weighted by molar-refractivity contribution is 5.29. The molecule has 0 spiro atoms. The first-order valence-electron chi connectivity index (χ1n) is 7.52. The predicted octanol–water partition coefficient (Wildman–Crippen LogP) is 3.56. The minimum absolute atomic E-state index is 0.267. The van der Waals surface area contributed by atoms with Crippen LogP contribution in [0, 0.1) is 5.92 Å². The minimum Gasteiger partial charge on any atom is -0.494 e. The van der Waals surface area contributed by atoms with Crippen molar-refractivity contribution in [2.24, 2.45) is 11.8 Å². The molecule has 1 unspecified atom stereocenters. The second-order valence-electron chi connectivity index (χ2n) is 5.52. The van der Waals surface area contributed by atoms with E-state index in [1.165, 1.54) is 31.2 Å². The highest BCUT2D eigenvalue weighted by Crippen LogP contribution is 2.33. The number of hydrogen-bond acceptors (Lipinski definition) is 3. The number of ether oxygens (including phenoxy) is 1. The first-order valence-corrected chi connectivity index (χ1v) is 7.52. The van der Waals surface area contributed by atoms with E-state index in [-0.39, 0.29) is 6.04 Å². The Kier molecular flexibility index (Phi) is 5.67. The van der Waals surface area contributed by atoms with E-state index in [0.717, 1.165) is 31.1 Å². The zero-order valence-corrected chi connectivity index (χ0v) is 11.9. The zero-order valence-electron chi connectivity index (χ0n) is 11.9. The van der Waals surface area contributed by atoms with E-state index >= 15 is 0 Å². The van der Waals surface area contributed by atoms with Gasteiger partial charge < -0.3 is 4.74 Å². The monoisotopic (exact) mass is 262 g/mol. The molecule has 1 fully saturated rings. The molecule has 3 heteroatoms. The maximum Gasteiger partial charge on any atom is 0.119 e. The lowest BCUT2D eigenvalue weighted by Crippen LogP contribution is -2.29. The minimum atomic E-state index is 0.267. The number of benzene rings is 1. The fraction of sp³-hybridized carbons (Fsp3) is 0.625. The quantitative estimate of drug-likeness (QED) is 0.583. The third kappa shape index (κ3) is 4.22. The largest absolute Gasteiger partial charge is 0.494 e. The Balaban J connectivity index is 1.93. The van der Waals surface area contributed by atoms with Crippen molar-refractivity contribution in [2.45, 2.75) is 51.5 Å². The van der Waals surface area contributed by atoms with Crippen molar-refractivity contribution in [1.82, 2.24) is 5.43 Å². The number of hydrogen-bond donors (Lipinski definition) is 2. The summed E-state index contributed by atoms with van der Waals surface area (Å²) < 4.78 is 5.61. The summed E-state index contributed by atoms with van der Waals surface area (Å²) in [6.07, 6.45) is 7.66. The van der Waals surface area contributed by atoms with Gasteiger partial charge in [0.25, 0.3) is 0 Å². The van der Waals surface area contributed by atoms with Crippen molar-refractivity contribution in [1.29, 1.82) is 0 Å². The molecule has 1 atom stereocenters. The predicted molar refractivity (Wildman–Crippen MR) is 78.9 cm³/mol. The molecule has 1 saturated carbocycles. The summed E-state index contributed by atoms with van der Waals surface area (Å²) in [5.74, 6) is 7.50. The van der Waals surface area contributed by atoms with Gasteiger partial charge in [0.05, 0.1) is 6.61 Å². The molecule has 2 rings (SSSR count). The second-order valence-corrected chi connectivity index (χ2v) is 5.52. The average molecular weight is 262 g/mol. The molecule has 0 bridgehead atoms. The summed E-state index contributed by atoms with van der Waals surface area (Å²) in [6, 6.07) is 8.62. The molecule has 3 N–H and O–H groups in total. The SMILES string of the molecule is CCCOc1ccc(C(CC2CCCC2)NN)cc1. The van der Waals surface area contributed by atoms with Gasteiger partial charge in [0.15, 0.2) is 0 Å². The van der Waals surface area contributed by atoms with Gasteiger partial charge in [-0.15, -0.1) is 0 Å². The smallest absolute Gasteiger partial charge is 0.119 e. The lowest BCUT2D eigenvalue weighted by atomic mass is 9.94. The lowest BCUT2D eigenvalue weighted by molar-refractivity contribution is 0.317. The van der Waals surface area contributed by atoms with Crippen molar-refractivity contribution >= 4 is 0 Å². The normalized spacial score (nSPS) is 17.6. The summed E-state index contributed by atoms with van der Waals surface area (Å²) in [6.45, 7) is 2.89. The van der Waals surface area contributed by atoms with E-state index in [9.17, 15) is 0 Å². The summed E-state index contributed by atoms with van der Waals surface area (Å²) in [5, 5.41) is 0. The fourth-order valence-electron chi connectivity index (χ4n) is 2.90. The van der Waals surface area contributed by atoms with Gasteiger partial charge >= 0.3 is 0 Å². The Hall–Kier alpha value is -1.06. The summed E-state index contributed by atoms with van der Waals surface area (Å²) in [7, 11) is 0. The van der Waals surface area contributed by atoms with E-state index in [0.29, 0.717) is 0 Å². The standard InChI is InChI=1S/C16H26N2O/c1-2-11-19-15-9-7-14(8-10-15)16(18-17)12-13-5-3-4-6-13/h7-10,13,16,18H,2-6,11-12,17H2,1H3. The van der Waals surface area contributed by atoms with Crippen LogP contribution in [0.5, 0.6) is 5.75 Å². The number of nitrogens with one attached hydrogen (secondary N) is 1. The van der Waals surface area contributed by atoms with Crippen molar-refractivity contribution in [2.75, 3.05) is 6.61 Å². The molecule has 0 heterocycles. The molecule has 0 radical (unpaired) electrons. The Labute approximate surface area is 116 Å². The molecule has 1 aromatic carbocycles. The van der Waals surface area contributed by atoms with Crippen LogP contribution in [0.2, 0.25) is 0 Å². The van der Waals surface area contributed by atoms with Gasteiger partial charge in [0.1, 0.15) is 5.75 Å². The van der Waals surface area contributed by atoms with Crippen LogP contribution < -0.4 is 16.0 Å². The van der Waals surface area contributed by atoms with Crippen LogP contribution in [0.25, 0.3) is 0 Å². The fourth-order valence-corrected chi connectivity index (χ4v) is 2.90. The summed E-state index contributed by atoms with van der Waals surface area (Å²) in [5.41, 5.74) is 4.23. The van der Waals surface area contributed by atoms with Crippen molar-refractivity contribution in [3.8, 4) is 5.75 Å². The van der Waals surface area contributed by atoms with Crippen molar-refractivity contribution in [3.05, 3.63) is 29.8 Å². The Bertz CT molecular complexity index is 358. The molecule has 3 nitrogen and oxygen atoms in total. The Morgan fingerprint density at radius 2 is 1.95 bits per heavy atom. The van der Waals surface area contributed by atoms with Gasteiger partial charge in [-0.1, -0.05) is 44.7 Å². The van der Waals surface area contributed by atoms with Crippen LogP contribution >= 0.6 is 0 Å². The van der Waals surface area contributed by atoms with E-state index < -0.39 is 0 Å². The average Bonchev–Trinajstić information content (AvgIpc) is 2.96. The number of nitrogens with two attached hydrogens (primary N) is 1. The molecule has 1 aliphatic rings. The first-order chi connectivity index (χ1) is 9.33. The van der Waals surface area contributed by atoms with E-state index in [1.54, 1.807) is 0 Å². The number of hydrazine groups is 1. The first kappa shape index (κ1) is 14.4. The van der Waals surface area contributed by atoms with Gasteiger partial charge in [0, 0.05) is 6.04 Å². The molecule has 0 saturated heterocycles. The van der Waals surface area contributed by atoms with Gasteiger partial charge in [-0.25, -0.2) is 0 Å². The summed E-state index contributed by atoms with van der Waals surface area (Å²) >= 11 is 0. The molecule has 19 heavy (non-hydrogen) atoms. The maximum absolute atomic E-state index is 5.72. The highest BCUT2D eigenvalue weighted by Gasteiger charge is 2.20. The number of rotatable bonds is 7. The molecule has 0 amide bonds. The van der Waals surface area contributed by atoms with Gasteiger partial charge in [0.2, 0.25) is 0 Å². The van der Waals surface area contributed by atoms with E-state index in [1.807, 2.05) is 12.1 Å². The third-order valence-electron chi connectivity index (χ3n) is 4.00. The van der Waals surface area contributed by atoms with E-state index in [4.69, 9.17) is 10.6 Å². The van der Waals surface area contributed by atoms with Crippen molar-refractivity contribution in [3.63, 3.8) is 0 Å². The van der Waals surface area contributed by atoms with Crippen LogP contribution in [0.3, 0.4) is 0 Å². The topological polar surface area (TPSA) is 47.3 Å². The molecule has 0 aromatic heterocycles. The van der Waals surface area contributed by atoms with Crippen LogP contribution in [0.4, 0.5) is 0 Å². The van der Waals surface area contributed by atoms with Gasteiger partial charge in [-0.2, -0.15) is 0 Å². The summed E-state index contributed by atoms with van der Waals surface area (Å²) in [4.78, 5) is 0. The van der Waals surface area contributed by atoms with Crippen LogP contribution in [0.15, 0.2) is 24.3 Å². The molecule has 1 aliphatic carbocycles. The molecule has 1 aromatic rings. The Morgan fingerprint density at radius 3 is 2.53 bits per heavy atom. The molecular formula is C16H26N2O. The highest BCUT2D eigenvalue weighted by atomic mass is 16.5. The van der Waals surface area contributed by atoms with Crippen LogP contribution in [-0.2, 0) is 0 Å². The van der Waals surface area contributed by atoms with Gasteiger partial charge in [-0.05, 0) is 36.5 Å². The van der Waals surface area contributed by atoms with Crippen LogP contribution in [0.1, 0.15) is 57.1 Å². The zero-order chi connectivity index (χ0) is 13.5. The Morgan fingerprint density at radius 1 is 1.26 bits per heavy atom. The van der Waals surface area contributed by atoms with Gasteiger partial charge in [-0.3, -0.25) is 11.3 Å². The maximum atomic E-state index is 5.72. The van der Waals surface area contributed by atoms with Crippen molar-refractivity contribution < 1.29 is 4.74 Å². The van der Waals surface area contributed by atoms with Crippen LogP contribution in [-0.4, -0.2) is 6.61 Å². The molecular weight excluding hydrogens is 236 g/mol. The third-order valence-corrected chi connectivity index (χ3v) is 4.00. The molecule has 106 valence electrons. The molecule has 0 aliphatic heterocycles.